The molecule has 1 unspecified atom stereocenters. The fourth-order valence-electron chi connectivity index (χ4n) is 2.37. The summed E-state index contributed by atoms with van der Waals surface area (Å²) in [6, 6.07) is 0. The first-order valence-corrected chi connectivity index (χ1v) is 14.6. The highest BCUT2D eigenvalue weighted by Crippen LogP contribution is 2.46. The van der Waals surface area contributed by atoms with E-state index in [-0.39, 0.29) is 39.3 Å². The third-order valence-electron chi connectivity index (χ3n) is 4.24. The van der Waals surface area contributed by atoms with Crippen LogP contribution in [0.2, 0.25) is 0 Å². The number of hydrogen-bond donors (Lipinski definition) is 2. The van der Waals surface area contributed by atoms with E-state index in [2.05, 4.69) is 0 Å². The molecule has 0 saturated carbocycles. The van der Waals surface area contributed by atoms with Gasteiger partial charge in [0, 0.05) is 26.1 Å². The number of aliphatic hydroxyl groups excluding tert-OH is 2. The zero-order valence-corrected chi connectivity index (χ0v) is 22.1. The first kappa shape index (κ1) is 31.7. The molecule has 0 spiro atoms. The average molecular weight is 518 g/mol. The van der Waals surface area contributed by atoms with E-state index in [0.717, 1.165) is 6.42 Å². The molecular weight excluding hydrogens is 477 g/mol. The number of esters is 2. The van der Waals surface area contributed by atoms with Crippen LogP contribution in [0.15, 0.2) is 0 Å². The van der Waals surface area contributed by atoms with Crippen LogP contribution in [0.25, 0.3) is 0 Å². The lowest BCUT2D eigenvalue weighted by Crippen LogP contribution is -2.37. The zero-order valence-electron chi connectivity index (χ0n) is 19.5. The maximum absolute atomic E-state index is 12.1. The lowest BCUT2D eigenvalue weighted by molar-refractivity contribution is -0.870. The smallest absolute Gasteiger partial charge is 0.306 e. The third-order valence-corrected chi connectivity index (χ3v) is 6.47. The predicted octanol–water partition coefficient (Wildman–Crippen LogP) is 2.06. The number of nitrogens with zero attached hydrogens (tertiary/aromatic N) is 1. The van der Waals surface area contributed by atoms with Crippen molar-refractivity contribution in [2.45, 2.75) is 57.5 Å². The second-order valence-electron chi connectivity index (χ2n) is 8.45. The van der Waals surface area contributed by atoms with Crippen molar-refractivity contribution in [3.8, 4) is 0 Å². The molecule has 0 heterocycles. The van der Waals surface area contributed by atoms with Crippen molar-refractivity contribution in [3.63, 3.8) is 0 Å². The Morgan fingerprint density at radius 1 is 0.906 bits per heavy atom. The molecule has 12 heteroatoms. The third kappa shape index (κ3) is 20.4. The minimum absolute atomic E-state index is 0.0807. The summed E-state index contributed by atoms with van der Waals surface area (Å²) >= 11 is 10.5. The molecule has 0 bridgehead atoms. The number of carbonyl (C=O) groups excluding carboxylic acids is 2. The van der Waals surface area contributed by atoms with Crippen LogP contribution in [-0.2, 0) is 52.2 Å². The van der Waals surface area contributed by atoms with Crippen molar-refractivity contribution < 1.29 is 42.8 Å². The molecule has 0 aliphatic heterocycles. The van der Waals surface area contributed by atoms with Gasteiger partial charge in [0.1, 0.15) is 19.8 Å². The van der Waals surface area contributed by atoms with Crippen LogP contribution in [0, 0.1) is 0 Å². The molecule has 0 amide bonds. The van der Waals surface area contributed by atoms with Crippen LogP contribution >= 0.6 is 5.69 Å². The molecule has 2 N–H and O–H groups in total. The molecular formula is C20H40NO8PS2. The average Bonchev–Trinajstić information content (AvgIpc) is 2.69. The maximum Gasteiger partial charge on any atom is 0.306 e. The van der Waals surface area contributed by atoms with Crippen molar-refractivity contribution in [3.05, 3.63) is 0 Å². The van der Waals surface area contributed by atoms with Crippen molar-refractivity contribution in [1.29, 1.82) is 0 Å². The molecule has 0 radical (unpaired) electrons. The van der Waals surface area contributed by atoms with E-state index in [1.807, 2.05) is 21.1 Å². The summed E-state index contributed by atoms with van der Waals surface area (Å²) in [5, 5.41) is 17.6. The lowest BCUT2D eigenvalue weighted by atomic mass is 10.2. The minimum atomic E-state index is -2.96. The fourth-order valence-corrected chi connectivity index (χ4v) is 3.91. The Kier molecular flexibility index (Phi) is 18.0. The van der Waals surface area contributed by atoms with Gasteiger partial charge in [0.25, 0.3) is 0 Å². The van der Waals surface area contributed by atoms with E-state index < -0.39 is 23.7 Å². The summed E-state index contributed by atoms with van der Waals surface area (Å²) in [6.45, 7) is 0.945. The number of rotatable bonds is 20. The molecule has 32 heavy (non-hydrogen) atoms. The normalized spacial score (nSPS) is 14.6. The van der Waals surface area contributed by atoms with Crippen molar-refractivity contribution >= 4 is 41.7 Å². The number of aliphatic hydroxyl groups is 2. The maximum atomic E-state index is 12.1. The summed E-state index contributed by atoms with van der Waals surface area (Å²) in [4.78, 5) is 24.1. The van der Waals surface area contributed by atoms with E-state index in [1.165, 1.54) is 0 Å². The van der Waals surface area contributed by atoms with Crippen molar-refractivity contribution in [2.24, 2.45) is 0 Å². The summed E-state index contributed by atoms with van der Waals surface area (Å²) in [6.07, 6.45) is 3.46. The van der Waals surface area contributed by atoms with E-state index in [1.54, 1.807) is 0 Å². The van der Waals surface area contributed by atoms with Gasteiger partial charge in [-0.3, -0.25) is 9.59 Å². The molecule has 0 aliphatic rings. The summed E-state index contributed by atoms with van der Waals surface area (Å²) in [5.41, 5.74) is -2.96. The highest BCUT2D eigenvalue weighted by molar-refractivity contribution is 8.51. The van der Waals surface area contributed by atoms with E-state index in [4.69, 9.17) is 52.8 Å². The Morgan fingerprint density at radius 3 is 2.00 bits per heavy atom. The molecule has 0 saturated heterocycles. The van der Waals surface area contributed by atoms with E-state index in [0.29, 0.717) is 49.7 Å². The van der Waals surface area contributed by atoms with Gasteiger partial charge >= 0.3 is 11.9 Å². The molecule has 0 fully saturated rings. The second kappa shape index (κ2) is 18.1. The summed E-state index contributed by atoms with van der Waals surface area (Å²) in [5.74, 6) is -0.858. The lowest BCUT2D eigenvalue weighted by Gasteiger charge is -2.32. The van der Waals surface area contributed by atoms with E-state index >= 15 is 0 Å². The quantitative estimate of drug-likeness (QED) is 0.0818. The van der Waals surface area contributed by atoms with Crippen LogP contribution in [0.1, 0.15) is 51.4 Å². The molecule has 0 aromatic rings. The first-order chi connectivity index (χ1) is 15.0. The molecule has 190 valence electrons. The number of likely N-dealkylation sites (N-methyl/N-ethyl adjacent to an activating group) is 1. The number of quaternary nitrogens is 1. The van der Waals surface area contributed by atoms with Gasteiger partial charge < -0.3 is 45.5 Å². The predicted molar refractivity (Wildman–Crippen MR) is 128 cm³/mol. The van der Waals surface area contributed by atoms with Crippen LogP contribution in [-0.4, -0.2) is 93.5 Å². The fraction of sp³-hybridized carbons (Fsp3) is 0.900. The first-order valence-electron chi connectivity index (χ1n) is 11.0. The largest absolute Gasteiger partial charge is 0.691 e. The summed E-state index contributed by atoms with van der Waals surface area (Å²) < 4.78 is 22.5. The Bertz CT molecular complexity index is 574. The highest BCUT2D eigenvalue weighted by atomic mass is 32.9. The van der Waals surface area contributed by atoms with Gasteiger partial charge in [-0.15, -0.1) is 0 Å². The van der Waals surface area contributed by atoms with Gasteiger partial charge in [0.05, 0.1) is 33.4 Å². The van der Waals surface area contributed by atoms with Crippen LogP contribution in [0.3, 0.4) is 0 Å². The van der Waals surface area contributed by atoms with Gasteiger partial charge in [0.2, 0.25) is 0 Å². The minimum Gasteiger partial charge on any atom is -0.691 e. The molecule has 9 nitrogen and oxygen atoms in total. The number of ether oxygens (including phenoxy) is 2. The van der Waals surface area contributed by atoms with Crippen LogP contribution in [0.4, 0.5) is 0 Å². The van der Waals surface area contributed by atoms with Crippen LogP contribution < -0.4 is 0 Å². The number of unbranched alkanes of at least 4 members (excludes halogenated alkanes) is 4. The molecule has 0 rings (SSSR count). The van der Waals surface area contributed by atoms with Gasteiger partial charge in [-0.1, -0.05) is 24.6 Å². The molecule has 0 aliphatic carbocycles. The molecule has 0 aromatic heterocycles. The Morgan fingerprint density at radius 2 is 1.47 bits per heavy atom. The summed E-state index contributed by atoms with van der Waals surface area (Å²) in [7, 11) is 6.06. The van der Waals surface area contributed by atoms with Gasteiger partial charge in [0.15, 0.2) is 6.10 Å². The second-order valence-corrected chi connectivity index (χ2v) is 13.4. The van der Waals surface area contributed by atoms with Crippen molar-refractivity contribution in [2.75, 3.05) is 60.7 Å². The Hall–Kier alpha value is -0.260. The Labute approximate surface area is 202 Å². The molecule has 2 atom stereocenters. The number of hydrogen-bond acceptors (Lipinski definition) is 10. The van der Waals surface area contributed by atoms with Gasteiger partial charge in [-0.2, -0.15) is 0 Å². The van der Waals surface area contributed by atoms with Crippen molar-refractivity contribution in [1.82, 2.24) is 0 Å². The Balaban J connectivity index is 4.63. The number of carbonyl (C=O) groups is 2. The zero-order chi connectivity index (χ0) is 24.5. The highest BCUT2D eigenvalue weighted by Gasteiger charge is 2.19. The SMILES string of the molecule is C[N+](C)(C)CCOP(=S)([S-])OC[C@@H](COC(=O)CCCCCO)OC(=O)CCCCCO. The van der Waals surface area contributed by atoms with Gasteiger partial charge in [-0.25, -0.2) is 0 Å². The standard InChI is InChI=1S/C20H40NO8PS2/c1-21(2,3)12-15-27-30(31,32)28-17-18(29-20(25)11-7-5-9-14-23)16-26-19(24)10-6-4-8-13-22/h18,22-23H,4-17H2,1-3H3/t18-/m1/s1. The topological polar surface area (TPSA) is 112 Å². The van der Waals surface area contributed by atoms with Crippen LogP contribution in [0.5, 0.6) is 0 Å². The van der Waals surface area contributed by atoms with E-state index in [9.17, 15) is 9.59 Å². The molecule has 0 aromatic carbocycles. The monoisotopic (exact) mass is 517 g/mol. The van der Waals surface area contributed by atoms with Gasteiger partial charge in [-0.05, 0) is 25.7 Å².